The van der Waals surface area contributed by atoms with Gasteiger partial charge in [-0.05, 0) is 12.2 Å². The lowest BCUT2D eigenvalue weighted by Crippen LogP contribution is -1.99. The molecule has 13 heavy (non-hydrogen) atoms. The van der Waals surface area contributed by atoms with Crippen LogP contribution >= 0.6 is 0 Å². The zero-order valence-corrected chi connectivity index (χ0v) is 6.24. The van der Waals surface area contributed by atoms with Gasteiger partial charge in [-0.2, -0.15) is 0 Å². The van der Waals surface area contributed by atoms with Gasteiger partial charge in [0, 0.05) is 17.2 Å². The maximum absolute atomic E-state index is 12.9. The van der Waals surface area contributed by atoms with Crippen LogP contribution in [0.4, 0.5) is 17.6 Å². The molecule has 1 aliphatic rings. The van der Waals surface area contributed by atoms with Crippen molar-refractivity contribution in [3.8, 4) is 0 Å². The van der Waals surface area contributed by atoms with Crippen LogP contribution in [0.2, 0.25) is 0 Å². The van der Waals surface area contributed by atoms with Gasteiger partial charge in [-0.15, -0.1) is 0 Å². The number of rotatable bonds is 0. The van der Waals surface area contributed by atoms with E-state index in [-0.39, 0.29) is 5.56 Å². The summed E-state index contributed by atoms with van der Waals surface area (Å²) in [4.78, 5) is 0. The van der Waals surface area contributed by atoms with E-state index in [1.807, 2.05) is 0 Å². The van der Waals surface area contributed by atoms with Gasteiger partial charge in [-0.1, -0.05) is 0 Å². The molecule has 1 aromatic carbocycles. The average Bonchev–Trinajstić information content (AvgIpc) is 2.44. The van der Waals surface area contributed by atoms with Gasteiger partial charge in [-0.3, -0.25) is 0 Å². The molecule has 67 valence electrons. The molecule has 4 heteroatoms. The summed E-state index contributed by atoms with van der Waals surface area (Å²) in [6.07, 6.45) is 1.16. The molecule has 0 bridgehead atoms. The number of halogens is 4. The number of alkyl halides is 1. The van der Waals surface area contributed by atoms with Gasteiger partial charge >= 0.3 is 0 Å². The predicted molar refractivity (Wildman–Crippen MR) is 37.9 cm³/mol. The van der Waals surface area contributed by atoms with E-state index in [1.165, 1.54) is 0 Å². The number of allylic oxidation sites excluding steroid dienone is 1. The van der Waals surface area contributed by atoms with Crippen molar-refractivity contribution in [3.05, 3.63) is 40.7 Å². The standard InChI is InChI=1S/C9H3F4/c10-5-2-1-4-6(11)3-7(12)9(13)8(4)5/h1,3,5H. The molecule has 0 nitrogen and oxygen atoms in total. The van der Waals surface area contributed by atoms with Crippen molar-refractivity contribution in [2.45, 2.75) is 6.17 Å². The molecular formula is C9H3F4. The Morgan fingerprint density at radius 2 is 1.85 bits per heavy atom. The fourth-order valence-electron chi connectivity index (χ4n) is 1.26. The Bertz CT molecular complexity index is 395. The van der Waals surface area contributed by atoms with E-state index >= 15 is 0 Å². The number of benzene rings is 1. The summed E-state index contributed by atoms with van der Waals surface area (Å²) >= 11 is 0. The first-order valence-corrected chi connectivity index (χ1v) is 3.52. The number of hydrogen-bond acceptors (Lipinski definition) is 0. The van der Waals surface area contributed by atoms with Crippen molar-refractivity contribution in [3.63, 3.8) is 0 Å². The second-order valence-corrected chi connectivity index (χ2v) is 2.66. The van der Waals surface area contributed by atoms with Gasteiger partial charge in [0.2, 0.25) is 0 Å². The molecule has 0 saturated heterocycles. The Labute approximate surface area is 71.5 Å². The molecule has 0 amide bonds. The second kappa shape index (κ2) is 2.58. The van der Waals surface area contributed by atoms with E-state index in [0.717, 1.165) is 6.08 Å². The van der Waals surface area contributed by atoms with Crippen LogP contribution in [0.3, 0.4) is 0 Å². The van der Waals surface area contributed by atoms with Gasteiger partial charge in [0.15, 0.2) is 17.8 Å². The SMILES string of the molecule is Fc1cc(F)c2c(c1F)C(F)[C]=C2. The molecule has 1 atom stereocenters. The summed E-state index contributed by atoms with van der Waals surface area (Å²) in [6.45, 7) is 0. The topological polar surface area (TPSA) is 0 Å². The van der Waals surface area contributed by atoms with E-state index in [0.29, 0.717) is 6.07 Å². The van der Waals surface area contributed by atoms with Crippen LogP contribution in [0.15, 0.2) is 6.07 Å². The molecule has 0 N–H and O–H groups in total. The fraction of sp³-hybridized carbons (Fsp3) is 0.111. The van der Waals surface area contributed by atoms with Crippen molar-refractivity contribution in [1.82, 2.24) is 0 Å². The molecule has 0 heterocycles. The van der Waals surface area contributed by atoms with Crippen LogP contribution in [0.5, 0.6) is 0 Å². The summed E-state index contributed by atoms with van der Waals surface area (Å²) in [5.74, 6) is -3.69. The molecule has 1 unspecified atom stereocenters. The predicted octanol–water partition coefficient (Wildman–Crippen LogP) is 2.94. The first kappa shape index (κ1) is 8.29. The van der Waals surface area contributed by atoms with Crippen molar-refractivity contribution in [2.75, 3.05) is 0 Å². The first-order valence-electron chi connectivity index (χ1n) is 3.52. The molecular weight excluding hydrogens is 184 g/mol. The monoisotopic (exact) mass is 187 g/mol. The van der Waals surface area contributed by atoms with Crippen molar-refractivity contribution >= 4 is 6.08 Å². The van der Waals surface area contributed by atoms with Crippen molar-refractivity contribution in [2.24, 2.45) is 0 Å². The molecule has 1 aliphatic carbocycles. The van der Waals surface area contributed by atoms with Crippen LogP contribution in [0.25, 0.3) is 6.08 Å². The maximum atomic E-state index is 12.9. The lowest BCUT2D eigenvalue weighted by molar-refractivity contribution is 0.382. The Kier molecular flexibility index (Phi) is 1.65. The Morgan fingerprint density at radius 1 is 1.15 bits per heavy atom. The number of fused-ring (bicyclic) bond motifs is 1. The van der Waals surface area contributed by atoms with E-state index < -0.39 is 29.2 Å². The lowest BCUT2D eigenvalue weighted by atomic mass is 10.1. The Hall–Kier alpha value is -1.32. The van der Waals surface area contributed by atoms with Crippen LogP contribution in [0, 0.1) is 23.5 Å². The van der Waals surface area contributed by atoms with Gasteiger partial charge in [0.25, 0.3) is 0 Å². The zero-order valence-electron chi connectivity index (χ0n) is 6.24. The van der Waals surface area contributed by atoms with Gasteiger partial charge < -0.3 is 0 Å². The highest BCUT2D eigenvalue weighted by atomic mass is 19.2. The Balaban J connectivity index is 2.75. The van der Waals surface area contributed by atoms with Gasteiger partial charge in [-0.25, -0.2) is 17.6 Å². The average molecular weight is 187 g/mol. The maximum Gasteiger partial charge on any atom is 0.166 e. The summed E-state index contributed by atoms with van der Waals surface area (Å²) < 4.78 is 51.2. The third-order valence-electron chi connectivity index (χ3n) is 1.87. The van der Waals surface area contributed by atoms with Crippen LogP contribution < -0.4 is 0 Å². The Morgan fingerprint density at radius 3 is 2.54 bits per heavy atom. The number of hydrogen-bond donors (Lipinski definition) is 0. The summed E-state index contributed by atoms with van der Waals surface area (Å²) in [7, 11) is 0. The van der Waals surface area contributed by atoms with Crippen LogP contribution in [0.1, 0.15) is 17.3 Å². The second-order valence-electron chi connectivity index (χ2n) is 2.66. The minimum atomic E-state index is -1.87. The quantitative estimate of drug-likeness (QED) is 0.432. The zero-order chi connectivity index (χ0) is 9.59. The highest BCUT2D eigenvalue weighted by molar-refractivity contribution is 5.60. The van der Waals surface area contributed by atoms with E-state index in [9.17, 15) is 17.6 Å². The largest absolute Gasteiger partial charge is 0.237 e. The highest BCUT2D eigenvalue weighted by Crippen LogP contribution is 2.35. The fourth-order valence-corrected chi connectivity index (χ4v) is 1.26. The lowest BCUT2D eigenvalue weighted by Gasteiger charge is -2.05. The minimum Gasteiger partial charge on any atom is -0.237 e. The molecule has 1 aromatic rings. The molecule has 0 spiro atoms. The summed E-state index contributed by atoms with van der Waals surface area (Å²) in [6, 6.07) is 0.393. The third kappa shape index (κ3) is 1.05. The van der Waals surface area contributed by atoms with Crippen molar-refractivity contribution < 1.29 is 17.6 Å². The van der Waals surface area contributed by atoms with Crippen molar-refractivity contribution in [1.29, 1.82) is 0 Å². The van der Waals surface area contributed by atoms with E-state index in [4.69, 9.17) is 0 Å². The molecule has 0 saturated carbocycles. The van der Waals surface area contributed by atoms with Crippen LogP contribution in [-0.2, 0) is 0 Å². The molecule has 0 fully saturated rings. The minimum absolute atomic E-state index is 0.258. The van der Waals surface area contributed by atoms with E-state index in [1.54, 1.807) is 0 Å². The summed E-state index contributed by atoms with van der Waals surface area (Å²) in [5.41, 5.74) is -0.857. The first-order chi connectivity index (χ1) is 6.11. The smallest absolute Gasteiger partial charge is 0.166 e. The summed E-state index contributed by atoms with van der Waals surface area (Å²) in [5, 5.41) is 0. The molecule has 1 radical (unpaired) electrons. The highest BCUT2D eigenvalue weighted by Gasteiger charge is 2.26. The normalized spacial score (nSPS) is 19.2. The van der Waals surface area contributed by atoms with Gasteiger partial charge in [0.1, 0.15) is 5.82 Å². The molecule has 0 aliphatic heterocycles. The van der Waals surface area contributed by atoms with Crippen LogP contribution in [-0.4, -0.2) is 0 Å². The van der Waals surface area contributed by atoms with Gasteiger partial charge in [0.05, 0.1) is 0 Å². The van der Waals surface area contributed by atoms with E-state index in [2.05, 4.69) is 6.08 Å². The molecule has 0 aromatic heterocycles. The molecule has 2 rings (SSSR count). The third-order valence-corrected chi connectivity index (χ3v) is 1.87.